The first-order chi connectivity index (χ1) is 10.8. The van der Waals surface area contributed by atoms with Crippen LogP contribution in [0.1, 0.15) is 57.9 Å². The van der Waals surface area contributed by atoms with Crippen LogP contribution in [0.4, 0.5) is 0 Å². The summed E-state index contributed by atoms with van der Waals surface area (Å²) in [4.78, 5) is 23.6. The van der Waals surface area contributed by atoms with Crippen molar-refractivity contribution in [2.75, 3.05) is 0 Å². The van der Waals surface area contributed by atoms with Crippen molar-refractivity contribution in [2.24, 2.45) is 5.92 Å². The highest BCUT2D eigenvalue weighted by molar-refractivity contribution is 5.70. The first kappa shape index (κ1) is 17.4. The Labute approximate surface area is 137 Å². The molecule has 0 aromatic heterocycles. The molecule has 0 unspecified atom stereocenters. The molecule has 0 N–H and O–H groups in total. The maximum absolute atomic E-state index is 12.1. The van der Waals surface area contributed by atoms with Crippen molar-refractivity contribution >= 4 is 5.97 Å². The van der Waals surface area contributed by atoms with Gasteiger partial charge in [0.2, 0.25) is 6.04 Å². The maximum atomic E-state index is 12.1. The van der Waals surface area contributed by atoms with Gasteiger partial charge in [0.05, 0.1) is 12.3 Å². The second-order valence-electron chi connectivity index (χ2n) is 7.27. The van der Waals surface area contributed by atoms with Crippen molar-refractivity contribution in [3.8, 4) is 0 Å². The van der Waals surface area contributed by atoms with Gasteiger partial charge < -0.3 is 4.74 Å². The molecule has 5 heteroatoms. The Bertz CT molecular complexity index is 550. The zero-order valence-corrected chi connectivity index (χ0v) is 14.0. The molecular weight excluding hydrogens is 294 g/mol. The molecule has 5 nitrogen and oxygen atoms in total. The number of carbonyl (C=O) groups is 1. The van der Waals surface area contributed by atoms with Crippen LogP contribution >= 0.6 is 0 Å². The van der Waals surface area contributed by atoms with Gasteiger partial charge in [-0.05, 0) is 39.2 Å². The summed E-state index contributed by atoms with van der Waals surface area (Å²) in [6.45, 7) is 5.43. The fourth-order valence-electron chi connectivity index (χ4n) is 3.47. The van der Waals surface area contributed by atoms with Crippen LogP contribution in [0.5, 0.6) is 0 Å². The number of ether oxygens (including phenoxy) is 1. The van der Waals surface area contributed by atoms with Crippen molar-refractivity contribution in [1.29, 1.82) is 0 Å². The van der Waals surface area contributed by atoms with Crippen molar-refractivity contribution in [3.05, 3.63) is 46.0 Å². The van der Waals surface area contributed by atoms with E-state index in [9.17, 15) is 14.9 Å². The Morgan fingerprint density at radius 3 is 2.48 bits per heavy atom. The van der Waals surface area contributed by atoms with Crippen molar-refractivity contribution < 1.29 is 14.5 Å². The predicted octanol–water partition coefficient (Wildman–Crippen LogP) is 3.95. The highest BCUT2D eigenvalue weighted by Crippen LogP contribution is 2.39. The van der Waals surface area contributed by atoms with Gasteiger partial charge in [0, 0.05) is 10.8 Å². The van der Waals surface area contributed by atoms with Gasteiger partial charge in [0.15, 0.2) is 0 Å². The molecule has 1 fully saturated rings. The van der Waals surface area contributed by atoms with Gasteiger partial charge in [-0.3, -0.25) is 14.9 Å². The zero-order chi connectivity index (χ0) is 17.0. The van der Waals surface area contributed by atoms with E-state index in [1.807, 2.05) is 51.1 Å². The monoisotopic (exact) mass is 319 g/mol. The average Bonchev–Trinajstić information content (AvgIpc) is 2.45. The van der Waals surface area contributed by atoms with E-state index in [1.54, 1.807) is 0 Å². The lowest BCUT2D eigenvalue weighted by Crippen LogP contribution is -2.40. The molecular formula is C18H25NO4. The second-order valence-corrected chi connectivity index (χ2v) is 7.27. The third-order valence-electron chi connectivity index (χ3n) is 4.31. The van der Waals surface area contributed by atoms with E-state index in [0.29, 0.717) is 6.42 Å². The SMILES string of the molecule is CC(C)(C)OC(=O)C[C@H]1CCC[C@@H](c2ccccc2)[C@H]1[N+](=O)[O-]. The van der Waals surface area contributed by atoms with E-state index in [4.69, 9.17) is 4.74 Å². The van der Waals surface area contributed by atoms with Gasteiger partial charge in [0.25, 0.3) is 0 Å². The summed E-state index contributed by atoms with van der Waals surface area (Å²) < 4.78 is 5.35. The summed E-state index contributed by atoms with van der Waals surface area (Å²) in [7, 11) is 0. The molecule has 0 radical (unpaired) electrons. The van der Waals surface area contributed by atoms with Gasteiger partial charge in [-0.15, -0.1) is 0 Å². The Morgan fingerprint density at radius 1 is 1.26 bits per heavy atom. The first-order valence-corrected chi connectivity index (χ1v) is 8.18. The lowest BCUT2D eigenvalue weighted by Gasteiger charge is -2.32. The van der Waals surface area contributed by atoms with Crippen molar-refractivity contribution in [3.63, 3.8) is 0 Å². The second kappa shape index (κ2) is 7.11. The highest BCUT2D eigenvalue weighted by Gasteiger charge is 2.43. The van der Waals surface area contributed by atoms with E-state index < -0.39 is 11.6 Å². The number of hydrogen-bond acceptors (Lipinski definition) is 4. The van der Waals surface area contributed by atoms with Gasteiger partial charge in [-0.1, -0.05) is 36.8 Å². The lowest BCUT2D eigenvalue weighted by atomic mass is 9.73. The molecule has 0 heterocycles. The first-order valence-electron chi connectivity index (χ1n) is 8.18. The number of hydrogen-bond donors (Lipinski definition) is 0. The summed E-state index contributed by atoms with van der Waals surface area (Å²) in [6.07, 6.45) is 2.51. The number of rotatable bonds is 4. The van der Waals surface area contributed by atoms with Crippen LogP contribution in [-0.2, 0) is 9.53 Å². The van der Waals surface area contributed by atoms with Crippen LogP contribution in [0.2, 0.25) is 0 Å². The van der Waals surface area contributed by atoms with Crippen LogP contribution in [0.3, 0.4) is 0 Å². The molecule has 1 saturated carbocycles. The molecule has 0 amide bonds. The third kappa shape index (κ3) is 4.78. The largest absolute Gasteiger partial charge is 0.460 e. The summed E-state index contributed by atoms with van der Waals surface area (Å²) in [6, 6.07) is 8.88. The average molecular weight is 319 g/mol. The van der Waals surface area contributed by atoms with Crippen molar-refractivity contribution in [1.82, 2.24) is 0 Å². The number of nitro groups is 1. The maximum Gasteiger partial charge on any atom is 0.306 e. The molecule has 1 aliphatic rings. The Hall–Kier alpha value is -1.91. The van der Waals surface area contributed by atoms with Gasteiger partial charge in [-0.25, -0.2) is 0 Å². The number of esters is 1. The summed E-state index contributed by atoms with van der Waals surface area (Å²) in [5.74, 6) is -0.741. The number of carbonyl (C=O) groups excluding carboxylic acids is 1. The van der Waals surface area contributed by atoms with E-state index in [1.165, 1.54) is 0 Å². The number of benzene rings is 1. The van der Waals surface area contributed by atoms with Crippen LogP contribution in [0.25, 0.3) is 0 Å². The smallest absolute Gasteiger partial charge is 0.306 e. The van der Waals surface area contributed by atoms with Gasteiger partial charge in [0.1, 0.15) is 5.60 Å². The zero-order valence-electron chi connectivity index (χ0n) is 14.0. The molecule has 3 atom stereocenters. The highest BCUT2D eigenvalue weighted by atomic mass is 16.6. The Morgan fingerprint density at radius 2 is 1.91 bits per heavy atom. The lowest BCUT2D eigenvalue weighted by molar-refractivity contribution is -0.539. The molecule has 126 valence electrons. The summed E-state index contributed by atoms with van der Waals surface area (Å²) in [5.41, 5.74) is 0.428. The minimum absolute atomic E-state index is 0.117. The third-order valence-corrected chi connectivity index (χ3v) is 4.31. The van der Waals surface area contributed by atoms with Crippen LogP contribution < -0.4 is 0 Å². The standard InChI is InChI=1S/C18H25NO4/c1-18(2,3)23-16(20)12-14-10-7-11-15(17(14)19(21)22)13-8-5-4-6-9-13/h4-6,8-9,14-15,17H,7,10-12H2,1-3H3/t14-,15+,17+/m1/s1. The summed E-state index contributed by atoms with van der Waals surface area (Å²) in [5, 5.41) is 11.7. The normalized spacial score (nSPS) is 24.9. The fraction of sp³-hybridized carbons (Fsp3) is 0.611. The van der Waals surface area contributed by atoms with E-state index >= 15 is 0 Å². The molecule has 0 spiro atoms. The number of nitrogens with zero attached hydrogens (tertiary/aromatic N) is 1. The van der Waals surface area contributed by atoms with E-state index in [0.717, 1.165) is 18.4 Å². The van der Waals surface area contributed by atoms with Gasteiger partial charge in [-0.2, -0.15) is 0 Å². The van der Waals surface area contributed by atoms with Crippen molar-refractivity contribution in [2.45, 2.75) is 64.0 Å². The minimum Gasteiger partial charge on any atom is -0.460 e. The molecule has 2 rings (SSSR count). The fourth-order valence-corrected chi connectivity index (χ4v) is 3.47. The van der Waals surface area contributed by atoms with Crippen LogP contribution in [-0.4, -0.2) is 22.5 Å². The molecule has 1 aromatic rings. The van der Waals surface area contributed by atoms with E-state index in [2.05, 4.69) is 0 Å². The minimum atomic E-state index is -0.723. The topological polar surface area (TPSA) is 69.4 Å². The molecule has 0 saturated heterocycles. The Kier molecular flexibility index (Phi) is 5.39. The molecule has 0 bridgehead atoms. The van der Waals surface area contributed by atoms with Crippen LogP contribution in [0.15, 0.2) is 30.3 Å². The Balaban J connectivity index is 2.15. The predicted molar refractivity (Wildman–Crippen MR) is 87.8 cm³/mol. The molecule has 0 aliphatic heterocycles. The summed E-state index contributed by atoms with van der Waals surface area (Å²) >= 11 is 0. The quantitative estimate of drug-likeness (QED) is 0.479. The molecule has 1 aromatic carbocycles. The van der Waals surface area contributed by atoms with E-state index in [-0.39, 0.29) is 29.1 Å². The van der Waals surface area contributed by atoms with Gasteiger partial charge >= 0.3 is 5.97 Å². The molecule has 1 aliphatic carbocycles. The molecule has 23 heavy (non-hydrogen) atoms. The van der Waals surface area contributed by atoms with Crippen LogP contribution in [0, 0.1) is 16.0 Å².